The molecule has 1 rings (SSSR count). The third-order valence-corrected chi connectivity index (χ3v) is 4.33. The molecule has 1 aromatic carbocycles. The third-order valence-electron chi connectivity index (χ3n) is 2.71. The van der Waals surface area contributed by atoms with E-state index < -0.39 is 10.0 Å². The predicted octanol–water partition coefficient (Wildman–Crippen LogP) is 1.74. The molecule has 0 aliphatic heterocycles. The maximum absolute atomic E-state index is 11.9. The van der Waals surface area contributed by atoms with Crippen LogP contribution in [0.2, 0.25) is 0 Å². The zero-order valence-electron chi connectivity index (χ0n) is 11.4. The molecular weight excluding hydrogens is 300 g/mol. The van der Waals surface area contributed by atoms with Gasteiger partial charge in [-0.25, -0.2) is 8.42 Å². The molecule has 0 bridgehead atoms. The fourth-order valence-corrected chi connectivity index (χ4v) is 3.05. The molecule has 0 radical (unpaired) electrons. The Morgan fingerprint density at radius 1 is 1.25 bits per heavy atom. The highest BCUT2D eigenvalue weighted by Gasteiger charge is 2.13. The fourth-order valence-electron chi connectivity index (χ4n) is 1.64. The van der Waals surface area contributed by atoms with E-state index in [0.29, 0.717) is 30.0 Å². The molecule has 0 spiro atoms. The maximum Gasteiger partial charge on any atom is 0.232 e. The maximum atomic E-state index is 11.9. The van der Waals surface area contributed by atoms with Crippen molar-refractivity contribution >= 4 is 33.2 Å². The van der Waals surface area contributed by atoms with Crippen LogP contribution in [0.4, 0.5) is 5.69 Å². The number of carbonyl (C=O) groups excluding carboxylic acids is 1. The molecule has 112 valence electrons. The van der Waals surface area contributed by atoms with Crippen molar-refractivity contribution < 1.29 is 13.2 Å². The van der Waals surface area contributed by atoms with E-state index in [2.05, 4.69) is 10.0 Å². The number of benzene rings is 1. The van der Waals surface area contributed by atoms with Crippen LogP contribution in [-0.4, -0.2) is 33.0 Å². The van der Waals surface area contributed by atoms with Crippen LogP contribution in [0, 0.1) is 0 Å². The van der Waals surface area contributed by atoms with Crippen molar-refractivity contribution in [3.05, 3.63) is 29.8 Å². The highest BCUT2D eigenvalue weighted by molar-refractivity contribution is 7.92. The smallest absolute Gasteiger partial charge is 0.232 e. The van der Waals surface area contributed by atoms with E-state index in [-0.39, 0.29) is 18.1 Å². The minimum atomic E-state index is -3.41. The Balaban J connectivity index is 2.78. The molecule has 0 saturated heterocycles. The second-order valence-corrected chi connectivity index (χ2v) is 6.54. The van der Waals surface area contributed by atoms with Crippen LogP contribution in [0.1, 0.15) is 18.4 Å². The number of anilines is 1. The van der Waals surface area contributed by atoms with E-state index >= 15 is 0 Å². The summed E-state index contributed by atoms with van der Waals surface area (Å²) < 4.78 is 26.4. The molecule has 1 aromatic rings. The Bertz CT molecular complexity index is 546. The number of hydrogen-bond acceptors (Lipinski definition) is 3. The van der Waals surface area contributed by atoms with Gasteiger partial charge in [-0.05, 0) is 24.5 Å². The molecule has 0 saturated carbocycles. The van der Waals surface area contributed by atoms with Gasteiger partial charge in [0, 0.05) is 12.9 Å². The molecule has 1 amide bonds. The normalized spacial score (nSPS) is 11.1. The van der Waals surface area contributed by atoms with Crippen LogP contribution in [0.15, 0.2) is 24.3 Å². The number of halogens is 1. The van der Waals surface area contributed by atoms with Crippen molar-refractivity contribution in [2.75, 3.05) is 23.4 Å². The van der Waals surface area contributed by atoms with Crippen molar-refractivity contribution in [1.29, 1.82) is 0 Å². The highest BCUT2D eigenvalue weighted by atomic mass is 35.5. The van der Waals surface area contributed by atoms with Gasteiger partial charge in [0.2, 0.25) is 15.9 Å². The molecule has 0 atom stereocenters. The average molecular weight is 319 g/mol. The van der Waals surface area contributed by atoms with Crippen LogP contribution in [0.5, 0.6) is 0 Å². The highest BCUT2D eigenvalue weighted by Crippen LogP contribution is 2.17. The topological polar surface area (TPSA) is 75.3 Å². The summed E-state index contributed by atoms with van der Waals surface area (Å²) >= 11 is 5.53. The number of unbranched alkanes of at least 4 members (excludes halogenated alkanes) is 1. The molecule has 20 heavy (non-hydrogen) atoms. The van der Waals surface area contributed by atoms with Crippen LogP contribution in [0.25, 0.3) is 0 Å². The summed E-state index contributed by atoms with van der Waals surface area (Å²) in [6.07, 6.45) is 1.30. The first-order valence-electron chi connectivity index (χ1n) is 6.33. The van der Waals surface area contributed by atoms with Crippen molar-refractivity contribution in [1.82, 2.24) is 5.32 Å². The number of sulfonamides is 1. The first-order valence-corrected chi connectivity index (χ1v) is 8.52. The molecule has 5 nitrogen and oxygen atoms in total. The van der Waals surface area contributed by atoms with Crippen LogP contribution >= 0.6 is 11.6 Å². The van der Waals surface area contributed by atoms with Gasteiger partial charge in [-0.2, -0.15) is 0 Å². The largest absolute Gasteiger partial charge is 0.359 e. The standard InChI is InChI=1S/C13H19ClN2O3S/c1-15-13(17)10-11-6-2-3-7-12(11)16-20(18,19)9-5-4-8-14/h2-3,6-7,16H,4-5,8-10H2,1H3,(H,15,17). The van der Waals surface area contributed by atoms with Gasteiger partial charge in [-0.1, -0.05) is 18.2 Å². The lowest BCUT2D eigenvalue weighted by molar-refractivity contribution is -0.119. The number of alkyl halides is 1. The lowest BCUT2D eigenvalue weighted by Crippen LogP contribution is -2.22. The molecule has 0 aliphatic carbocycles. The number of hydrogen-bond donors (Lipinski definition) is 2. The summed E-state index contributed by atoms with van der Waals surface area (Å²) in [4.78, 5) is 11.4. The van der Waals surface area contributed by atoms with Crippen molar-refractivity contribution in [3.63, 3.8) is 0 Å². The summed E-state index contributed by atoms with van der Waals surface area (Å²) in [5, 5.41) is 2.51. The van der Waals surface area contributed by atoms with E-state index in [1.54, 1.807) is 31.3 Å². The van der Waals surface area contributed by atoms with Crippen molar-refractivity contribution in [2.45, 2.75) is 19.3 Å². The molecule has 0 unspecified atom stereocenters. The molecule has 2 N–H and O–H groups in total. The zero-order valence-corrected chi connectivity index (χ0v) is 12.9. The summed E-state index contributed by atoms with van der Waals surface area (Å²) in [7, 11) is -1.87. The summed E-state index contributed by atoms with van der Waals surface area (Å²) in [6, 6.07) is 6.87. The number of amides is 1. The monoisotopic (exact) mass is 318 g/mol. The van der Waals surface area contributed by atoms with Gasteiger partial charge in [-0.3, -0.25) is 9.52 Å². The molecule has 0 fully saturated rings. The van der Waals surface area contributed by atoms with Gasteiger partial charge in [-0.15, -0.1) is 11.6 Å². The number of para-hydroxylation sites is 1. The lowest BCUT2D eigenvalue weighted by atomic mass is 10.1. The predicted molar refractivity (Wildman–Crippen MR) is 81.6 cm³/mol. The Labute approximate surface area is 124 Å². The SMILES string of the molecule is CNC(=O)Cc1ccccc1NS(=O)(=O)CCCCCl. The van der Waals surface area contributed by atoms with Gasteiger partial charge in [0.25, 0.3) is 0 Å². The number of likely N-dealkylation sites (N-methyl/N-ethyl adjacent to an activating group) is 1. The van der Waals surface area contributed by atoms with E-state index in [0.717, 1.165) is 0 Å². The lowest BCUT2D eigenvalue weighted by Gasteiger charge is -2.12. The summed E-state index contributed by atoms with van der Waals surface area (Å²) in [5.74, 6) is 0.301. The van der Waals surface area contributed by atoms with Crippen molar-refractivity contribution in [3.8, 4) is 0 Å². The summed E-state index contributed by atoms with van der Waals surface area (Å²) in [6.45, 7) is 0. The first kappa shape index (κ1) is 16.8. The second-order valence-electron chi connectivity index (χ2n) is 4.32. The van der Waals surface area contributed by atoms with Gasteiger partial charge in [0.15, 0.2) is 0 Å². The van der Waals surface area contributed by atoms with Crippen LogP contribution in [0.3, 0.4) is 0 Å². The zero-order chi connectivity index (χ0) is 15.0. The van der Waals surface area contributed by atoms with E-state index in [4.69, 9.17) is 11.6 Å². The summed E-state index contributed by atoms with van der Waals surface area (Å²) in [5.41, 5.74) is 1.09. The van der Waals surface area contributed by atoms with Crippen molar-refractivity contribution in [2.24, 2.45) is 0 Å². The Morgan fingerprint density at radius 3 is 2.60 bits per heavy atom. The number of carbonyl (C=O) groups is 1. The fraction of sp³-hybridized carbons (Fsp3) is 0.462. The number of nitrogens with one attached hydrogen (secondary N) is 2. The van der Waals surface area contributed by atoms with Crippen LogP contribution in [-0.2, 0) is 21.2 Å². The van der Waals surface area contributed by atoms with Gasteiger partial charge in [0.1, 0.15) is 0 Å². The van der Waals surface area contributed by atoms with Gasteiger partial charge < -0.3 is 5.32 Å². The Kier molecular flexibility index (Phi) is 6.81. The van der Waals surface area contributed by atoms with E-state index in [9.17, 15) is 13.2 Å². The number of rotatable bonds is 8. The molecule has 0 aromatic heterocycles. The quantitative estimate of drug-likeness (QED) is 0.566. The molecule has 0 heterocycles. The minimum Gasteiger partial charge on any atom is -0.359 e. The average Bonchev–Trinajstić information content (AvgIpc) is 2.40. The molecule has 0 aliphatic rings. The molecule has 7 heteroatoms. The second kappa shape index (κ2) is 8.11. The van der Waals surface area contributed by atoms with E-state index in [1.165, 1.54) is 0 Å². The minimum absolute atomic E-state index is 0.0219. The molecular formula is C13H19ClN2O3S. The Morgan fingerprint density at radius 2 is 1.95 bits per heavy atom. The van der Waals surface area contributed by atoms with Gasteiger partial charge in [0.05, 0.1) is 17.9 Å². The third kappa shape index (κ3) is 5.79. The Hall–Kier alpha value is -1.27. The van der Waals surface area contributed by atoms with Gasteiger partial charge >= 0.3 is 0 Å². The van der Waals surface area contributed by atoms with Crippen LogP contribution < -0.4 is 10.0 Å². The first-order chi connectivity index (χ1) is 9.48. The van der Waals surface area contributed by atoms with E-state index in [1.807, 2.05) is 0 Å².